The summed E-state index contributed by atoms with van der Waals surface area (Å²) in [5, 5.41) is 8.48. The second-order valence-electron chi connectivity index (χ2n) is 10.3. The van der Waals surface area contributed by atoms with Gasteiger partial charge in [-0.3, -0.25) is 14.9 Å². The molecule has 1 aliphatic rings. The van der Waals surface area contributed by atoms with Crippen molar-refractivity contribution in [1.29, 1.82) is 0 Å². The molecule has 8 nitrogen and oxygen atoms in total. The van der Waals surface area contributed by atoms with E-state index in [1.54, 1.807) is 50.0 Å². The largest absolute Gasteiger partial charge is 0.444 e. The number of thiophene rings is 1. The number of rotatable bonds is 3. The van der Waals surface area contributed by atoms with Crippen LogP contribution in [0.2, 0.25) is 0 Å². The van der Waals surface area contributed by atoms with E-state index in [9.17, 15) is 14.4 Å². The van der Waals surface area contributed by atoms with Crippen molar-refractivity contribution in [3.63, 3.8) is 0 Å². The topological polar surface area (TPSA) is 101 Å². The number of nitrogens with one attached hydrogen (secondary N) is 2. The van der Waals surface area contributed by atoms with Crippen LogP contribution < -0.4 is 10.6 Å². The van der Waals surface area contributed by atoms with Gasteiger partial charge < -0.3 is 15.0 Å². The maximum absolute atomic E-state index is 13.3. The normalized spacial score (nSPS) is 18.1. The number of amides is 3. The summed E-state index contributed by atoms with van der Waals surface area (Å²) in [6, 6.07) is 9.84. The Labute approximate surface area is 215 Å². The minimum Gasteiger partial charge on any atom is -0.444 e. The monoisotopic (exact) mass is 508 g/mol. The summed E-state index contributed by atoms with van der Waals surface area (Å²) in [4.78, 5) is 44.2. The zero-order valence-electron chi connectivity index (χ0n) is 21.3. The number of likely N-dealkylation sites (tertiary alicyclic amines) is 1. The van der Waals surface area contributed by atoms with Crippen molar-refractivity contribution in [3.05, 3.63) is 53.0 Å². The molecule has 1 saturated heterocycles. The van der Waals surface area contributed by atoms with Gasteiger partial charge in [0.25, 0.3) is 0 Å². The van der Waals surface area contributed by atoms with Crippen molar-refractivity contribution in [2.24, 2.45) is 5.92 Å². The van der Waals surface area contributed by atoms with Crippen LogP contribution in [0.1, 0.15) is 57.7 Å². The van der Waals surface area contributed by atoms with Crippen LogP contribution in [-0.4, -0.2) is 39.9 Å². The highest BCUT2D eigenvalue weighted by Gasteiger charge is 2.34. The van der Waals surface area contributed by atoms with Crippen molar-refractivity contribution < 1.29 is 19.1 Å². The third-order valence-corrected chi connectivity index (χ3v) is 6.99. The molecule has 2 aromatic heterocycles. The summed E-state index contributed by atoms with van der Waals surface area (Å²) in [5.41, 5.74) is 1.41. The van der Waals surface area contributed by atoms with Crippen LogP contribution in [0.25, 0.3) is 10.1 Å². The van der Waals surface area contributed by atoms with Gasteiger partial charge in [-0.1, -0.05) is 13.0 Å². The minimum atomic E-state index is -0.709. The number of hydrogen-bond donors (Lipinski definition) is 2. The van der Waals surface area contributed by atoms with E-state index in [4.69, 9.17) is 4.74 Å². The summed E-state index contributed by atoms with van der Waals surface area (Å²) in [6.07, 6.45) is 2.59. The predicted molar refractivity (Wildman–Crippen MR) is 142 cm³/mol. The molecule has 3 heterocycles. The zero-order valence-corrected chi connectivity index (χ0v) is 22.1. The van der Waals surface area contributed by atoms with Gasteiger partial charge in [0, 0.05) is 11.2 Å². The Bertz CT molecular complexity index is 1300. The van der Waals surface area contributed by atoms with Crippen molar-refractivity contribution in [2.45, 2.75) is 59.1 Å². The van der Waals surface area contributed by atoms with Crippen molar-refractivity contribution >= 4 is 50.8 Å². The molecule has 1 fully saturated rings. The Morgan fingerprint density at radius 2 is 1.89 bits per heavy atom. The van der Waals surface area contributed by atoms with Crippen LogP contribution >= 0.6 is 11.3 Å². The van der Waals surface area contributed by atoms with Crippen LogP contribution in [0, 0.1) is 12.8 Å². The van der Waals surface area contributed by atoms with Gasteiger partial charge in [-0.2, -0.15) is 0 Å². The number of benzene rings is 1. The molecule has 0 aliphatic carbocycles. The average Bonchev–Trinajstić information content (AvgIpc) is 3.27. The molecule has 36 heavy (non-hydrogen) atoms. The fraction of sp³-hybridized carbons (Fsp3) is 0.407. The number of aromatic nitrogens is 1. The highest BCUT2D eigenvalue weighted by atomic mass is 32.1. The third kappa shape index (κ3) is 6.02. The SMILES string of the molecule is Cc1cc(NC(=O)C(=O)N2C[C@H](C)CC[C@H]2c2ccc3sccc3c2)cnc1NC(=O)OC(C)(C)C. The molecule has 9 heteroatoms. The molecule has 3 aromatic rings. The Morgan fingerprint density at radius 1 is 1.11 bits per heavy atom. The van der Waals surface area contributed by atoms with E-state index in [-0.39, 0.29) is 6.04 Å². The number of nitrogens with zero attached hydrogens (tertiary/aromatic N) is 2. The summed E-state index contributed by atoms with van der Waals surface area (Å²) >= 11 is 1.68. The van der Waals surface area contributed by atoms with Crippen molar-refractivity contribution in [1.82, 2.24) is 9.88 Å². The first kappa shape index (κ1) is 25.6. The summed E-state index contributed by atoms with van der Waals surface area (Å²) in [7, 11) is 0. The first-order chi connectivity index (χ1) is 17.0. The minimum absolute atomic E-state index is 0.149. The second-order valence-corrected chi connectivity index (χ2v) is 11.3. The van der Waals surface area contributed by atoms with E-state index in [1.165, 1.54) is 10.9 Å². The predicted octanol–water partition coefficient (Wildman–Crippen LogP) is 5.89. The van der Waals surface area contributed by atoms with E-state index in [0.717, 1.165) is 23.8 Å². The van der Waals surface area contributed by atoms with Crippen LogP contribution in [0.5, 0.6) is 0 Å². The molecule has 4 rings (SSSR count). The molecule has 1 aromatic carbocycles. The summed E-state index contributed by atoms with van der Waals surface area (Å²) in [6.45, 7) is 9.69. The van der Waals surface area contributed by atoms with Gasteiger partial charge in [-0.15, -0.1) is 11.3 Å². The molecule has 0 unspecified atom stereocenters. The van der Waals surface area contributed by atoms with E-state index in [0.29, 0.717) is 29.5 Å². The van der Waals surface area contributed by atoms with Crippen molar-refractivity contribution in [3.8, 4) is 0 Å². The molecule has 1 aliphatic heterocycles. The van der Waals surface area contributed by atoms with Gasteiger partial charge in [-0.25, -0.2) is 9.78 Å². The number of hydrogen-bond acceptors (Lipinski definition) is 6. The summed E-state index contributed by atoms with van der Waals surface area (Å²) < 4.78 is 6.45. The zero-order chi connectivity index (χ0) is 26.0. The number of aryl methyl sites for hydroxylation is 1. The number of carbonyl (C=O) groups is 3. The molecule has 0 bridgehead atoms. The molecule has 0 saturated carbocycles. The lowest BCUT2D eigenvalue weighted by molar-refractivity contribution is -0.146. The molecule has 3 amide bonds. The number of piperidine rings is 1. The lowest BCUT2D eigenvalue weighted by atomic mass is 9.89. The van der Waals surface area contributed by atoms with Gasteiger partial charge in [0.05, 0.1) is 17.9 Å². The lowest BCUT2D eigenvalue weighted by Crippen LogP contribution is -2.46. The highest BCUT2D eigenvalue weighted by Crippen LogP contribution is 2.35. The van der Waals surface area contributed by atoms with Crippen LogP contribution in [0.15, 0.2) is 41.9 Å². The highest BCUT2D eigenvalue weighted by molar-refractivity contribution is 7.17. The lowest BCUT2D eigenvalue weighted by Gasteiger charge is -2.38. The standard InChI is InChI=1S/C27H32N4O4S/c1-16-6-8-21(18-7-9-22-19(13-18)10-11-36-22)31(15-16)25(33)24(32)29-20-12-17(2)23(28-14-20)30-26(34)35-27(3,4)5/h7,9-14,16,21H,6,8,15H2,1-5H3,(H,29,32)(H,28,30,34)/t16-,21+/m1/s1. The van der Waals surface area contributed by atoms with Crippen LogP contribution in [-0.2, 0) is 14.3 Å². The van der Waals surface area contributed by atoms with Crippen molar-refractivity contribution in [2.75, 3.05) is 17.2 Å². The number of fused-ring (bicyclic) bond motifs is 1. The number of ether oxygens (including phenoxy) is 1. The quantitative estimate of drug-likeness (QED) is 0.430. The van der Waals surface area contributed by atoms with Crippen LogP contribution in [0.3, 0.4) is 0 Å². The van der Waals surface area contributed by atoms with E-state index < -0.39 is 23.5 Å². The third-order valence-electron chi connectivity index (χ3n) is 6.09. The van der Waals surface area contributed by atoms with Gasteiger partial charge >= 0.3 is 17.9 Å². The molecular formula is C27H32N4O4S. The smallest absolute Gasteiger partial charge is 0.413 e. The number of pyridine rings is 1. The molecule has 190 valence electrons. The first-order valence-electron chi connectivity index (χ1n) is 12.1. The fourth-order valence-electron chi connectivity index (χ4n) is 4.41. The van der Waals surface area contributed by atoms with Gasteiger partial charge in [0.2, 0.25) is 0 Å². The van der Waals surface area contributed by atoms with Gasteiger partial charge in [0.15, 0.2) is 0 Å². The molecule has 0 radical (unpaired) electrons. The molecule has 2 N–H and O–H groups in total. The second kappa shape index (κ2) is 10.3. The molecule has 0 spiro atoms. The van der Waals surface area contributed by atoms with E-state index in [2.05, 4.69) is 52.2 Å². The summed E-state index contributed by atoms with van der Waals surface area (Å²) in [5.74, 6) is -0.641. The molecular weight excluding hydrogens is 476 g/mol. The van der Waals surface area contributed by atoms with Gasteiger partial charge in [-0.05, 0) is 92.6 Å². The Balaban J connectivity index is 1.46. The Morgan fingerprint density at radius 3 is 2.61 bits per heavy atom. The Hall–Kier alpha value is -3.46. The molecule has 2 atom stereocenters. The van der Waals surface area contributed by atoms with E-state index >= 15 is 0 Å². The number of anilines is 2. The maximum Gasteiger partial charge on any atom is 0.413 e. The number of carbonyl (C=O) groups excluding carboxylic acids is 3. The van der Waals surface area contributed by atoms with E-state index in [1.807, 2.05) is 0 Å². The first-order valence-corrected chi connectivity index (χ1v) is 12.9. The fourth-order valence-corrected chi connectivity index (χ4v) is 5.18. The average molecular weight is 509 g/mol. The Kier molecular flexibility index (Phi) is 7.31. The van der Waals surface area contributed by atoms with Gasteiger partial charge in [0.1, 0.15) is 11.4 Å². The van der Waals surface area contributed by atoms with Crippen LogP contribution in [0.4, 0.5) is 16.3 Å². The maximum atomic E-state index is 13.3.